The summed E-state index contributed by atoms with van der Waals surface area (Å²) in [4.78, 5) is 8.18. The minimum absolute atomic E-state index is 0.236. The lowest BCUT2D eigenvalue weighted by Gasteiger charge is -2.19. The third kappa shape index (κ3) is 4.99. The SMILES string of the molecule is CCOc1cc(NC(CN)CC(C)C)ncn1. The van der Waals surface area contributed by atoms with E-state index in [1.807, 2.05) is 6.92 Å². The molecule has 0 saturated heterocycles. The standard InChI is InChI=1S/C12H22N4O/c1-4-17-12-6-11(14-8-15-12)16-10(7-13)5-9(2)3/h6,8-10H,4-5,7,13H2,1-3H3,(H,14,15,16). The molecule has 0 aromatic carbocycles. The van der Waals surface area contributed by atoms with E-state index >= 15 is 0 Å². The normalized spacial score (nSPS) is 12.5. The molecule has 0 aliphatic carbocycles. The summed E-state index contributed by atoms with van der Waals surface area (Å²) in [5, 5.41) is 3.30. The summed E-state index contributed by atoms with van der Waals surface area (Å²) < 4.78 is 5.32. The van der Waals surface area contributed by atoms with Gasteiger partial charge in [0.15, 0.2) is 0 Å². The lowest BCUT2D eigenvalue weighted by molar-refractivity contribution is 0.326. The van der Waals surface area contributed by atoms with Gasteiger partial charge >= 0.3 is 0 Å². The largest absolute Gasteiger partial charge is 0.478 e. The minimum atomic E-state index is 0.236. The van der Waals surface area contributed by atoms with Crippen LogP contribution in [0.1, 0.15) is 27.2 Å². The van der Waals surface area contributed by atoms with Crippen molar-refractivity contribution >= 4 is 5.82 Å². The summed E-state index contributed by atoms with van der Waals surface area (Å²) in [5.41, 5.74) is 5.73. The van der Waals surface area contributed by atoms with E-state index < -0.39 is 0 Å². The molecule has 0 radical (unpaired) electrons. The Morgan fingerprint density at radius 2 is 2.18 bits per heavy atom. The van der Waals surface area contributed by atoms with E-state index in [2.05, 4.69) is 29.1 Å². The van der Waals surface area contributed by atoms with Crippen LogP contribution < -0.4 is 15.8 Å². The van der Waals surface area contributed by atoms with E-state index in [0.717, 1.165) is 12.2 Å². The Bertz CT molecular complexity index is 330. The third-order valence-corrected chi connectivity index (χ3v) is 2.33. The number of ether oxygens (including phenoxy) is 1. The molecule has 0 aliphatic rings. The van der Waals surface area contributed by atoms with E-state index in [9.17, 15) is 0 Å². The van der Waals surface area contributed by atoms with Crippen molar-refractivity contribution in [3.63, 3.8) is 0 Å². The van der Waals surface area contributed by atoms with E-state index in [0.29, 0.717) is 24.9 Å². The van der Waals surface area contributed by atoms with E-state index in [4.69, 9.17) is 10.5 Å². The minimum Gasteiger partial charge on any atom is -0.478 e. The van der Waals surface area contributed by atoms with Gasteiger partial charge in [0.2, 0.25) is 5.88 Å². The first-order chi connectivity index (χ1) is 8.15. The zero-order valence-electron chi connectivity index (χ0n) is 10.8. The smallest absolute Gasteiger partial charge is 0.218 e. The maximum Gasteiger partial charge on any atom is 0.218 e. The second-order valence-corrected chi connectivity index (χ2v) is 4.38. The van der Waals surface area contributed by atoms with Gasteiger partial charge in [-0.3, -0.25) is 0 Å². The van der Waals surface area contributed by atoms with Crippen molar-refractivity contribution in [2.24, 2.45) is 11.7 Å². The lowest BCUT2D eigenvalue weighted by Crippen LogP contribution is -2.30. The summed E-state index contributed by atoms with van der Waals surface area (Å²) in [6.07, 6.45) is 2.51. The van der Waals surface area contributed by atoms with Gasteiger partial charge in [0.05, 0.1) is 6.61 Å². The summed E-state index contributed by atoms with van der Waals surface area (Å²) in [5.74, 6) is 1.95. The molecular formula is C12H22N4O. The van der Waals surface area contributed by atoms with Gasteiger partial charge < -0.3 is 15.8 Å². The molecule has 1 aromatic heterocycles. The molecule has 1 rings (SSSR count). The van der Waals surface area contributed by atoms with Crippen LogP contribution in [0.25, 0.3) is 0 Å². The van der Waals surface area contributed by atoms with Crippen molar-refractivity contribution < 1.29 is 4.74 Å². The summed E-state index contributed by atoms with van der Waals surface area (Å²) in [7, 11) is 0. The predicted octanol–water partition coefficient (Wildman–Crippen LogP) is 1.66. The zero-order valence-corrected chi connectivity index (χ0v) is 10.8. The van der Waals surface area contributed by atoms with Crippen LogP contribution in [0.15, 0.2) is 12.4 Å². The summed E-state index contributed by atoms with van der Waals surface area (Å²) in [6.45, 7) is 7.47. The topological polar surface area (TPSA) is 73.1 Å². The number of nitrogens with one attached hydrogen (secondary N) is 1. The number of rotatable bonds is 7. The molecule has 3 N–H and O–H groups in total. The van der Waals surface area contributed by atoms with Crippen LogP contribution >= 0.6 is 0 Å². The first-order valence-corrected chi connectivity index (χ1v) is 6.07. The number of aromatic nitrogens is 2. The molecule has 0 fully saturated rings. The first-order valence-electron chi connectivity index (χ1n) is 6.07. The Morgan fingerprint density at radius 3 is 2.76 bits per heavy atom. The Kier molecular flexibility index (Phi) is 5.69. The molecule has 0 aliphatic heterocycles. The van der Waals surface area contributed by atoms with Gasteiger partial charge in [-0.25, -0.2) is 9.97 Å². The molecular weight excluding hydrogens is 216 g/mol. The Hall–Kier alpha value is -1.36. The average Bonchev–Trinajstić information content (AvgIpc) is 2.28. The molecule has 1 unspecified atom stereocenters. The van der Waals surface area contributed by atoms with Crippen LogP contribution in [0.3, 0.4) is 0 Å². The number of anilines is 1. The monoisotopic (exact) mass is 238 g/mol. The number of hydrogen-bond acceptors (Lipinski definition) is 5. The van der Waals surface area contributed by atoms with Crippen molar-refractivity contribution in [2.75, 3.05) is 18.5 Å². The molecule has 96 valence electrons. The van der Waals surface area contributed by atoms with Crippen molar-refractivity contribution in [2.45, 2.75) is 33.2 Å². The number of nitrogens with zero attached hydrogens (tertiary/aromatic N) is 2. The van der Waals surface area contributed by atoms with Crippen LogP contribution in [0.2, 0.25) is 0 Å². The van der Waals surface area contributed by atoms with Crippen molar-refractivity contribution in [1.82, 2.24) is 9.97 Å². The van der Waals surface area contributed by atoms with Gasteiger partial charge in [0, 0.05) is 18.7 Å². The number of hydrogen-bond donors (Lipinski definition) is 2. The van der Waals surface area contributed by atoms with Crippen LogP contribution in [0.4, 0.5) is 5.82 Å². The highest BCUT2D eigenvalue weighted by atomic mass is 16.5. The van der Waals surface area contributed by atoms with Crippen LogP contribution in [0, 0.1) is 5.92 Å². The Balaban J connectivity index is 2.62. The molecule has 5 nitrogen and oxygen atoms in total. The van der Waals surface area contributed by atoms with Crippen molar-refractivity contribution in [3.05, 3.63) is 12.4 Å². The molecule has 0 bridgehead atoms. The first kappa shape index (κ1) is 13.7. The van der Waals surface area contributed by atoms with Gasteiger partial charge in [-0.2, -0.15) is 0 Å². The molecule has 0 saturated carbocycles. The van der Waals surface area contributed by atoms with Crippen LogP contribution in [-0.4, -0.2) is 29.2 Å². The van der Waals surface area contributed by atoms with Crippen LogP contribution in [0.5, 0.6) is 5.88 Å². The van der Waals surface area contributed by atoms with Gasteiger partial charge in [0.25, 0.3) is 0 Å². The van der Waals surface area contributed by atoms with Gasteiger partial charge in [0.1, 0.15) is 12.1 Å². The van der Waals surface area contributed by atoms with Crippen molar-refractivity contribution in [3.8, 4) is 5.88 Å². The second-order valence-electron chi connectivity index (χ2n) is 4.38. The van der Waals surface area contributed by atoms with Crippen molar-refractivity contribution in [1.29, 1.82) is 0 Å². The fourth-order valence-electron chi connectivity index (χ4n) is 1.64. The molecule has 1 aromatic rings. The number of nitrogens with two attached hydrogens (primary N) is 1. The highest BCUT2D eigenvalue weighted by Gasteiger charge is 2.10. The predicted molar refractivity (Wildman–Crippen MR) is 69.1 cm³/mol. The van der Waals surface area contributed by atoms with E-state index in [1.54, 1.807) is 6.07 Å². The maximum atomic E-state index is 5.73. The Morgan fingerprint density at radius 1 is 1.41 bits per heavy atom. The quantitative estimate of drug-likeness (QED) is 0.755. The summed E-state index contributed by atoms with van der Waals surface area (Å²) in [6, 6.07) is 2.03. The third-order valence-electron chi connectivity index (χ3n) is 2.33. The summed E-state index contributed by atoms with van der Waals surface area (Å²) >= 11 is 0. The molecule has 5 heteroatoms. The van der Waals surface area contributed by atoms with Gasteiger partial charge in [-0.05, 0) is 19.3 Å². The molecule has 17 heavy (non-hydrogen) atoms. The fraction of sp³-hybridized carbons (Fsp3) is 0.667. The van der Waals surface area contributed by atoms with E-state index in [1.165, 1.54) is 6.33 Å². The molecule has 1 atom stereocenters. The average molecular weight is 238 g/mol. The Labute approximate surface area is 103 Å². The molecule has 1 heterocycles. The zero-order chi connectivity index (χ0) is 12.7. The van der Waals surface area contributed by atoms with Gasteiger partial charge in [-0.15, -0.1) is 0 Å². The molecule has 0 amide bonds. The molecule has 0 spiro atoms. The van der Waals surface area contributed by atoms with Gasteiger partial charge in [-0.1, -0.05) is 13.8 Å². The lowest BCUT2D eigenvalue weighted by atomic mass is 10.0. The highest BCUT2D eigenvalue weighted by molar-refractivity contribution is 5.38. The maximum absolute atomic E-state index is 5.73. The second kappa shape index (κ2) is 7.06. The highest BCUT2D eigenvalue weighted by Crippen LogP contribution is 2.14. The fourth-order valence-corrected chi connectivity index (χ4v) is 1.64. The van der Waals surface area contributed by atoms with Crippen LogP contribution in [-0.2, 0) is 0 Å². The van der Waals surface area contributed by atoms with E-state index in [-0.39, 0.29) is 6.04 Å².